The zero-order valence-corrected chi connectivity index (χ0v) is 21.7. The first-order valence-corrected chi connectivity index (χ1v) is 11.5. The van der Waals surface area contributed by atoms with Crippen LogP contribution in [0.25, 0.3) is 5.76 Å². The average molecular weight is 500 g/mol. The molecule has 3 rings (SSSR count). The van der Waals surface area contributed by atoms with Crippen molar-refractivity contribution in [2.24, 2.45) is 0 Å². The maximum absolute atomic E-state index is 13.4. The number of H-pyrrole nitrogens is 1. The predicted molar refractivity (Wildman–Crippen MR) is 133 cm³/mol. The molecule has 10 heteroatoms. The Morgan fingerprint density at radius 3 is 2.42 bits per heavy atom. The molecule has 0 bridgehead atoms. The minimum Gasteiger partial charge on any atom is -0.507 e. The average Bonchev–Trinajstić information content (AvgIpc) is 3.29. The van der Waals surface area contributed by atoms with Crippen molar-refractivity contribution in [3.8, 4) is 11.5 Å². The number of nitrogens with zero attached hydrogens (tertiary/aromatic N) is 2. The van der Waals surface area contributed by atoms with E-state index in [-0.39, 0.29) is 29.1 Å². The number of ketones is 1. The summed E-state index contributed by atoms with van der Waals surface area (Å²) in [7, 11) is 8.07. The number of aromatic nitrogens is 1. The molecule has 0 aliphatic carbocycles. The van der Waals surface area contributed by atoms with Crippen LogP contribution < -0.4 is 9.47 Å². The number of methoxy groups -OCH3 is 3. The van der Waals surface area contributed by atoms with Crippen LogP contribution in [0.2, 0.25) is 0 Å². The van der Waals surface area contributed by atoms with Gasteiger partial charge in [-0.05, 0) is 52.5 Å². The van der Waals surface area contributed by atoms with Gasteiger partial charge in [-0.1, -0.05) is 12.1 Å². The van der Waals surface area contributed by atoms with Crippen LogP contribution in [0.3, 0.4) is 0 Å². The summed E-state index contributed by atoms with van der Waals surface area (Å²) in [5.41, 5.74) is 1.72. The number of nitrogens with one attached hydrogen (secondary N) is 1. The van der Waals surface area contributed by atoms with Gasteiger partial charge in [0.15, 0.2) is 11.5 Å². The molecular weight excluding hydrogens is 466 g/mol. The summed E-state index contributed by atoms with van der Waals surface area (Å²) < 4.78 is 15.9. The van der Waals surface area contributed by atoms with E-state index >= 15 is 0 Å². The van der Waals surface area contributed by atoms with E-state index in [1.165, 1.54) is 26.2 Å². The van der Waals surface area contributed by atoms with Crippen molar-refractivity contribution in [1.82, 2.24) is 14.8 Å². The maximum Gasteiger partial charge on any atom is 0.354 e. The standard InChI is InChI=1S/C26H33N3O7/c1-14-18(15(2)27-20(14)26(33)36-7)22(30)19-21(16-10-8-11-17(34-5)24(16)35-6)29(25(32)23(19)31)13-9-12-28(3)4/h8,10-11,21,27,30H,9,12-13H2,1-7H3. The van der Waals surface area contributed by atoms with Gasteiger partial charge in [0.05, 0.1) is 32.9 Å². The smallest absolute Gasteiger partial charge is 0.354 e. The lowest BCUT2D eigenvalue weighted by Gasteiger charge is -2.27. The van der Waals surface area contributed by atoms with E-state index in [1.807, 2.05) is 19.0 Å². The highest BCUT2D eigenvalue weighted by molar-refractivity contribution is 6.46. The summed E-state index contributed by atoms with van der Waals surface area (Å²) in [6.45, 7) is 4.29. The van der Waals surface area contributed by atoms with Crippen molar-refractivity contribution in [2.45, 2.75) is 26.3 Å². The normalized spacial score (nSPS) is 17.1. The number of rotatable bonds is 9. The Hall–Kier alpha value is -3.79. The van der Waals surface area contributed by atoms with Crippen LogP contribution in [-0.4, -0.2) is 86.1 Å². The molecule has 194 valence electrons. The van der Waals surface area contributed by atoms with E-state index in [1.54, 1.807) is 32.0 Å². The monoisotopic (exact) mass is 499 g/mol. The predicted octanol–water partition coefficient (Wildman–Crippen LogP) is 2.81. The van der Waals surface area contributed by atoms with E-state index in [2.05, 4.69) is 4.98 Å². The fourth-order valence-electron chi connectivity index (χ4n) is 4.66. The molecule has 2 heterocycles. The third kappa shape index (κ3) is 4.68. The molecule has 10 nitrogen and oxygen atoms in total. The number of carbonyl (C=O) groups is 3. The second-order valence-electron chi connectivity index (χ2n) is 8.85. The van der Waals surface area contributed by atoms with Crippen molar-refractivity contribution >= 4 is 23.4 Å². The number of hydrogen-bond acceptors (Lipinski definition) is 8. The second kappa shape index (κ2) is 10.9. The minimum absolute atomic E-state index is 0.0852. The number of para-hydroxylation sites is 1. The topological polar surface area (TPSA) is 121 Å². The summed E-state index contributed by atoms with van der Waals surface area (Å²) in [4.78, 5) is 45.2. The number of hydrogen-bond donors (Lipinski definition) is 2. The highest BCUT2D eigenvalue weighted by atomic mass is 16.5. The Morgan fingerprint density at radius 2 is 1.83 bits per heavy atom. The van der Waals surface area contributed by atoms with Gasteiger partial charge in [-0.2, -0.15) is 0 Å². The molecule has 1 unspecified atom stereocenters. The third-order valence-corrected chi connectivity index (χ3v) is 6.34. The molecule has 1 atom stereocenters. The van der Waals surface area contributed by atoms with Crippen molar-refractivity contribution < 1.29 is 33.7 Å². The zero-order valence-electron chi connectivity index (χ0n) is 21.7. The molecule has 1 aliphatic rings. The number of Topliss-reactive ketones (excluding diaryl/α,β-unsaturated/α-hetero) is 1. The van der Waals surface area contributed by atoms with Gasteiger partial charge in [-0.3, -0.25) is 9.59 Å². The second-order valence-corrected chi connectivity index (χ2v) is 8.85. The Balaban J connectivity index is 2.27. The van der Waals surface area contributed by atoms with Gasteiger partial charge in [0, 0.05) is 23.4 Å². The Morgan fingerprint density at radius 1 is 1.14 bits per heavy atom. The first-order valence-electron chi connectivity index (χ1n) is 11.5. The first-order chi connectivity index (χ1) is 17.1. The Bertz CT molecular complexity index is 1210. The maximum atomic E-state index is 13.4. The van der Waals surface area contributed by atoms with Crippen LogP contribution in [0.4, 0.5) is 0 Å². The van der Waals surface area contributed by atoms with Gasteiger partial charge < -0.3 is 34.1 Å². The third-order valence-electron chi connectivity index (χ3n) is 6.34. The molecule has 1 aromatic carbocycles. The highest BCUT2D eigenvalue weighted by Crippen LogP contribution is 2.46. The minimum atomic E-state index is -0.924. The molecular formula is C26H33N3O7. The van der Waals surface area contributed by atoms with Crippen LogP contribution in [0, 0.1) is 13.8 Å². The molecule has 2 aromatic rings. The van der Waals surface area contributed by atoms with Gasteiger partial charge in [0.25, 0.3) is 11.7 Å². The number of esters is 1. The summed E-state index contributed by atoms with van der Waals surface area (Å²) in [5, 5.41) is 11.5. The fourth-order valence-corrected chi connectivity index (χ4v) is 4.66. The van der Waals surface area contributed by atoms with Gasteiger partial charge in [-0.25, -0.2) is 4.79 Å². The summed E-state index contributed by atoms with van der Waals surface area (Å²) >= 11 is 0. The number of aliphatic hydroxyl groups is 1. The van der Waals surface area contributed by atoms with E-state index in [0.29, 0.717) is 41.3 Å². The number of carbonyl (C=O) groups excluding carboxylic acids is 3. The lowest BCUT2D eigenvalue weighted by Crippen LogP contribution is -2.32. The van der Waals surface area contributed by atoms with E-state index in [4.69, 9.17) is 14.2 Å². The fraction of sp³-hybridized carbons (Fsp3) is 0.423. The van der Waals surface area contributed by atoms with Gasteiger partial charge in [0.1, 0.15) is 11.5 Å². The SMILES string of the molecule is COC(=O)c1[nH]c(C)c(C(O)=C2C(=O)C(=O)N(CCCN(C)C)C2c2cccc(OC)c2OC)c1C. The van der Waals surface area contributed by atoms with Crippen LogP contribution in [0.1, 0.15) is 45.3 Å². The number of aryl methyl sites for hydroxylation is 1. The summed E-state index contributed by atoms with van der Waals surface area (Å²) in [5.74, 6) is -1.73. The lowest BCUT2D eigenvalue weighted by atomic mass is 9.93. The number of aliphatic hydroxyl groups excluding tert-OH is 1. The van der Waals surface area contributed by atoms with Gasteiger partial charge in [0.2, 0.25) is 0 Å². The van der Waals surface area contributed by atoms with E-state index in [0.717, 1.165) is 0 Å². The van der Waals surface area contributed by atoms with Crippen molar-refractivity contribution in [2.75, 3.05) is 48.5 Å². The summed E-state index contributed by atoms with van der Waals surface area (Å²) in [6, 6.07) is 4.26. The van der Waals surface area contributed by atoms with Crippen LogP contribution in [-0.2, 0) is 14.3 Å². The van der Waals surface area contributed by atoms with Crippen molar-refractivity contribution in [3.63, 3.8) is 0 Å². The molecule has 0 saturated carbocycles. The van der Waals surface area contributed by atoms with Crippen LogP contribution in [0.15, 0.2) is 23.8 Å². The molecule has 1 saturated heterocycles. The van der Waals surface area contributed by atoms with Crippen LogP contribution in [0.5, 0.6) is 11.5 Å². The molecule has 1 amide bonds. The zero-order chi connectivity index (χ0) is 26.7. The molecule has 1 aromatic heterocycles. The summed E-state index contributed by atoms with van der Waals surface area (Å²) in [6.07, 6.45) is 0.609. The number of ether oxygens (including phenoxy) is 3. The lowest BCUT2D eigenvalue weighted by molar-refractivity contribution is -0.140. The number of likely N-dealkylation sites (tertiary alicyclic amines) is 1. The molecule has 0 radical (unpaired) electrons. The van der Waals surface area contributed by atoms with E-state index in [9.17, 15) is 19.5 Å². The Labute approximate surface area is 210 Å². The van der Waals surface area contributed by atoms with Gasteiger partial charge >= 0.3 is 5.97 Å². The largest absolute Gasteiger partial charge is 0.507 e. The van der Waals surface area contributed by atoms with E-state index < -0.39 is 23.7 Å². The van der Waals surface area contributed by atoms with Gasteiger partial charge in [-0.15, -0.1) is 0 Å². The number of aromatic amines is 1. The Kier molecular flexibility index (Phi) is 8.09. The molecule has 2 N–H and O–H groups in total. The molecule has 1 fully saturated rings. The first kappa shape index (κ1) is 26.8. The number of amides is 1. The molecule has 0 spiro atoms. The van der Waals surface area contributed by atoms with Crippen LogP contribution >= 0.6 is 0 Å². The number of benzene rings is 1. The quantitative estimate of drug-likeness (QED) is 0.234. The molecule has 1 aliphatic heterocycles. The highest BCUT2D eigenvalue weighted by Gasteiger charge is 2.47. The molecule has 36 heavy (non-hydrogen) atoms. The van der Waals surface area contributed by atoms with Crippen molar-refractivity contribution in [3.05, 3.63) is 51.9 Å². The van der Waals surface area contributed by atoms with Crippen molar-refractivity contribution in [1.29, 1.82) is 0 Å².